The highest BCUT2D eigenvalue weighted by molar-refractivity contribution is 5.90. The molecule has 0 radical (unpaired) electrons. The van der Waals surface area contributed by atoms with Crippen LogP contribution in [0.4, 0.5) is 5.69 Å². The first-order valence-electron chi connectivity index (χ1n) is 5.84. The molecule has 1 aromatic carbocycles. The molecule has 0 saturated heterocycles. The van der Waals surface area contributed by atoms with Gasteiger partial charge in [0.15, 0.2) is 0 Å². The van der Waals surface area contributed by atoms with E-state index in [4.69, 9.17) is 10.5 Å². The Bertz CT molecular complexity index is 347. The molecule has 0 aliphatic heterocycles. The maximum absolute atomic E-state index is 11.5. The van der Waals surface area contributed by atoms with Gasteiger partial charge in [0.05, 0.1) is 0 Å². The van der Waals surface area contributed by atoms with E-state index in [0.29, 0.717) is 25.5 Å². The highest BCUT2D eigenvalue weighted by atomic mass is 16.5. The molecule has 0 heterocycles. The zero-order valence-corrected chi connectivity index (χ0v) is 10.4. The third-order valence-electron chi connectivity index (χ3n) is 2.12. The van der Waals surface area contributed by atoms with Gasteiger partial charge in [0.1, 0.15) is 12.4 Å². The predicted molar refractivity (Wildman–Crippen MR) is 69.1 cm³/mol. The van der Waals surface area contributed by atoms with E-state index in [1.807, 2.05) is 38.1 Å². The maximum Gasteiger partial charge on any atom is 0.224 e. The van der Waals surface area contributed by atoms with E-state index in [2.05, 4.69) is 5.32 Å². The van der Waals surface area contributed by atoms with Crippen LogP contribution in [-0.2, 0) is 4.79 Å². The van der Waals surface area contributed by atoms with Gasteiger partial charge in [-0.1, -0.05) is 13.8 Å². The number of carbonyl (C=O) groups is 1. The molecule has 3 N–H and O–H groups in total. The molecule has 0 saturated carbocycles. The molecule has 0 aromatic heterocycles. The van der Waals surface area contributed by atoms with Crippen molar-refractivity contribution in [2.45, 2.75) is 20.3 Å². The molecule has 1 aromatic rings. The minimum Gasteiger partial charge on any atom is -0.492 e. The van der Waals surface area contributed by atoms with Gasteiger partial charge < -0.3 is 15.8 Å². The van der Waals surface area contributed by atoms with Crippen LogP contribution in [0.3, 0.4) is 0 Å². The van der Waals surface area contributed by atoms with Gasteiger partial charge in [-0.25, -0.2) is 0 Å². The molecular formula is C13H20N2O2. The summed E-state index contributed by atoms with van der Waals surface area (Å²) in [6.45, 7) is 5.03. The standard InChI is InChI=1S/C13H20N2O2/c1-10(2)9-13(16)15-11-3-5-12(6-4-11)17-8-7-14/h3-6,10H,7-9,14H2,1-2H3,(H,15,16). The van der Waals surface area contributed by atoms with E-state index in [1.165, 1.54) is 0 Å². The second kappa shape index (κ2) is 6.91. The van der Waals surface area contributed by atoms with Crippen molar-refractivity contribution >= 4 is 11.6 Å². The summed E-state index contributed by atoms with van der Waals surface area (Å²) in [6, 6.07) is 7.29. The van der Waals surface area contributed by atoms with Gasteiger partial charge >= 0.3 is 0 Å². The number of amides is 1. The highest BCUT2D eigenvalue weighted by Gasteiger charge is 2.05. The fraction of sp³-hybridized carbons (Fsp3) is 0.462. The van der Waals surface area contributed by atoms with Crippen LogP contribution >= 0.6 is 0 Å². The quantitative estimate of drug-likeness (QED) is 0.794. The average Bonchev–Trinajstić information content (AvgIpc) is 2.27. The third kappa shape index (κ3) is 5.36. The smallest absolute Gasteiger partial charge is 0.224 e. The minimum absolute atomic E-state index is 0.0376. The molecule has 0 spiro atoms. The van der Waals surface area contributed by atoms with Crippen LogP contribution in [-0.4, -0.2) is 19.1 Å². The second-order valence-electron chi connectivity index (χ2n) is 4.31. The lowest BCUT2D eigenvalue weighted by atomic mass is 10.1. The van der Waals surface area contributed by atoms with Crippen LogP contribution in [0.5, 0.6) is 5.75 Å². The number of nitrogens with one attached hydrogen (secondary N) is 1. The van der Waals surface area contributed by atoms with Gasteiger partial charge in [0.2, 0.25) is 5.91 Å². The van der Waals surface area contributed by atoms with Crippen molar-refractivity contribution in [1.29, 1.82) is 0 Å². The summed E-state index contributed by atoms with van der Waals surface area (Å²) in [5, 5.41) is 2.84. The molecule has 1 amide bonds. The molecule has 1 rings (SSSR count). The van der Waals surface area contributed by atoms with Gasteiger partial charge in [0, 0.05) is 18.7 Å². The zero-order chi connectivity index (χ0) is 12.7. The average molecular weight is 236 g/mol. The van der Waals surface area contributed by atoms with Crippen LogP contribution in [0.25, 0.3) is 0 Å². The van der Waals surface area contributed by atoms with Gasteiger partial charge in [-0.15, -0.1) is 0 Å². The van der Waals surface area contributed by atoms with Crippen LogP contribution in [0, 0.1) is 5.92 Å². The lowest BCUT2D eigenvalue weighted by molar-refractivity contribution is -0.116. The minimum atomic E-state index is 0.0376. The first-order valence-corrected chi connectivity index (χ1v) is 5.84. The van der Waals surface area contributed by atoms with Gasteiger partial charge in [-0.3, -0.25) is 4.79 Å². The van der Waals surface area contributed by atoms with Crippen LogP contribution < -0.4 is 15.8 Å². The van der Waals surface area contributed by atoms with E-state index in [9.17, 15) is 4.79 Å². The Balaban J connectivity index is 2.47. The first kappa shape index (κ1) is 13.5. The number of rotatable bonds is 6. The van der Waals surface area contributed by atoms with Crippen molar-refractivity contribution in [1.82, 2.24) is 0 Å². The summed E-state index contributed by atoms with van der Waals surface area (Å²) in [5.74, 6) is 1.16. The molecular weight excluding hydrogens is 216 g/mol. The maximum atomic E-state index is 11.5. The number of carbonyl (C=O) groups excluding carboxylic acids is 1. The molecule has 0 bridgehead atoms. The number of benzene rings is 1. The van der Waals surface area contributed by atoms with Crippen molar-refractivity contribution in [3.63, 3.8) is 0 Å². The number of nitrogens with two attached hydrogens (primary N) is 1. The number of hydrogen-bond acceptors (Lipinski definition) is 3. The second-order valence-corrected chi connectivity index (χ2v) is 4.31. The molecule has 4 heteroatoms. The highest BCUT2D eigenvalue weighted by Crippen LogP contribution is 2.16. The Kier molecular flexibility index (Phi) is 5.49. The lowest BCUT2D eigenvalue weighted by Crippen LogP contribution is -2.14. The topological polar surface area (TPSA) is 64.3 Å². The molecule has 94 valence electrons. The molecule has 0 unspecified atom stereocenters. The zero-order valence-electron chi connectivity index (χ0n) is 10.4. The van der Waals surface area contributed by atoms with E-state index in [-0.39, 0.29) is 5.91 Å². The Labute approximate surface area is 102 Å². The Morgan fingerprint density at radius 2 is 2.00 bits per heavy atom. The molecule has 4 nitrogen and oxygen atoms in total. The normalized spacial score (nSPS) is 10.4. The molecule has 17 heavy (non-hydrogen) atoms. The summed E-state index contributed by atoms with van der Waals surface area (Å²) in [4.78, 5) is 11.5. The summed E-state index contributed by atoms with van der Waals surface area (Å²) < 4.78 is 5.34. The number of hydrogen-bond donors (Lipinski definition) is 2. The molecule has 0 aliphatic rings. The van der Waals surface area contributed by atoms with Crippen molar-refractivity contribution in [2.75, 3.05) is 18.5 Å². The summed E-state index contributed by atoms with van der Waals surface area (Å²) in [6.07, 6.45) is 0.533. The molecule has 0 fully saturated rings. The van der Waals surface area contributed by atoms with Crippen LogP contribution in [0.15, 0.2) is 24.3 Å². The van der Waals surface area contributed by atoms with Crippen molar-refractivity contribution < 1.29 is 9.53 Å². The van der Waals surface area contributed by atoms with Gasteiger partial charge in [-0.05, 0) is 30.2 Å². The number of anilines is 1. The third-order valence-corrected chi connectivity index (χ3v) is 2.12. The number of ether oxygens (including phenoxy) is 1. The SMILES string of the molecule is CC(C)CC(=O)Nc1ccc(OCCN)cc1. The molecule has 0 aliphatic carbocycles. The van der Waals surface area contributed by atoms with Gasteiger partial charge in [-0.2, -0.15) is 0 Å². The fourth-order valence-corrected chi connectivity index (χ4v) is 1.39. The predicted octanol–water partition coefficient (Wildman–Crippen LogP) is 2.01. The Morgan fingerprint density at radius 3 is 2.53 bits per heavy atom. The van der Waals surface area contributed by atoms with E-state index in [0.717, 1.165) is 11.4 Å². The first-order chi connectivity index (χ1) is 8.11. The van der Waals surface area contributed by atoms with E-state index >= 15 is 0 Å². The van der Waals surface area contributed by atoms with E-state index in [1.54, 1.807) is 0 Å². The monoisotopic (exact) mass is 236 g/mol. The largest absolute Gasteiger partial charge is 0.492 e. The van der Waals surface area contributed by atoms with Crippen molar-refractivity contribution in [3.8, 4) is 5.75 Å². The lowest BCUT2D eigenvalue weighted by Gasteiger charge is -2.08. The molecule has 0 atom stereocenters. The van der Waals surface area contributed by atoms with E-state index < -0.39 is 0 Å². The van der Waals surface area contributed by atoms with Crippen LogP contribution in [0.1, 0.15) is 20.3 Å². The van der Waals surface area contributed by atoms with Crippen molar-refractivity contribution in [2.24, 2.45) is 11.7 Å². The van der Waals surface area contributed by atoms with Crippen LogP contribution in [0.2, 0.25) is 0 Å². The van der Waals surface area contributed by atoms with Gasteiger partial charge in [0.25, 0.3) is 0 Å². The van der Waals surface area contributed by atoms with Crippen molar-refractivity contribution in [3.05, 3.63) is 24.3 Å². The fourth-order valence-electron chi connectivity index (χ4n) is 1.39. The summed E-state index contributed by atoms with van der Waals surface area (Å²) in [7, 11) is 0. The Hall–Kier alpha value is -1.55. The summed E-state index contributed by atoms with van der Waals surface area (Å²) in [5.41, 5.74) is 6.12. The Morgan fingerprint density at radius 1 is 1.35 bits per heavy atom. The summed E-state index contributed by atoms with van der Waals surface area (Å²) >= 11 is 0.